The van der Waals surface area contributed by atoms with Gasteiger partial charge in [-0.3, -0.25) is 19.1 Å². The molecular formula is C13H15N3O2S. The first-order valence-electron chi connectivity index (χ1n) is 5.92. The van der Waals surface area contributed by atoms with Crippen LogP contribution >= 0.6 is 11.3 Å². The molecule has 2 aromatic rings. The number of thiazole rings is 1. The number of pyridine rings is 1. The molecule has 1 atom stereocenters. The van der Waals surface area contributed by atoms with E-state index in [4.69, 9.17) is 0 Å². The smallest absolute Gasteiger partial charge is 0.307 e. The van der Waals surface area contributed by atoms with Gasteiger partial charge in [0.1, 0.15) is 6.54 Å². The number of carbonyl (C=O) groups is 1. The predicted molar refractivity (Wildman–Crippen MR) is 74.1 cm³/mol. The molecule has 0 unspecified atom stereocenters. The molecule has 5 nitrogen and oxygen atoms in total. The second-order valence-electron chi connectivity index (χ2n) is 4.30. The third-order valence-corrected chi connectivity index (χ3v) is 3.74. The van der Waals surface area contributed by atoms with E-state index in [2.05, 4.69) is 10.3 Å². The number of hydrogen-bond donors (Lipinski definition) is 1. The lowest BCUT2D eigenvalue weighted by molar-refractivity contribution is -0.122. The average Bonchev–Trinajstić information content (AvgIpc) is 2.71. The zero-order valence-electron chi connectivity index (χ0n) is 10.8. The molecule has 0 aliphatic rings. The Balaban J connectivity index is 2.01. The Kier molecular flexibility index (Phi) is 4.11. The van der Waals surface area contributed by atoms with Gasteiger partial charge in [-0.15, -0.1) is 0 Å². The van der Waals surface area contributed by atoms with Gasteiger partial charge >= 0.3 is 4.87 Å². The third-order valence-electron chi connectivity index (χ3n) is 2.86. The number of aromatic nitrogens is 2. The van der Waals surface area contributed by atoms with Crippen LogP contribution in [0.5, 0.6) is 0 Å². The van der Waals surface area contributed by atoms with Crippen LogP contribution in [-0.2, 0) is 11.3 Å². The Bertz CT molecular complexity index is 618. The van der Waals surface area contributed by atoms with E-state index in [1.807, 2.05) is 26.0 Å². The molecule has 0 radical (unpaired) electrons. The van der Waals surface area contributed by atoms with Crippen LogP contribution in [0.25, 0.3) is 0 Å². The summed E-state index contributed by atoms with van der Waals surface area (Å²) in [4.78, 5) is 27.3. The van der Waals surface area contributed by atoms with Crippen LogP contribution in [0.2, 0.25) is 0 Å². The monoisotopic (exact) mass is 277 g/mol. The first-order chi connectivity index (χ1) is 9.08. The molecule has 0 spiro atoms. The fraction of sp³-hybridized carbons (Fsp3) is 0.308. The molecule has 2 heterocycles. The predicted octanol–water partition coefficient (Wildman–Crippen LogP) is 1.49. The number of rotatable bonds is 4. The van der Waals surface area contributed by atoms with Gasteiger partial charge in [0.2, 0.25) is 5.91 Å². The van der Waals surface area contributed by atoms with Crippen molar-refractivity contribution in [3.8, 4) is 0 Å². The highest BCUT2D eigenvalue weighted by atomic mass is 32.1. The van der Waals surface area contributed by atoms with E-state index in [0.29, 0.717) is 0 Å². The van der Waals surface area contributed by atoms with Crippen molar-refractivity contribution in [3.63, 3.8) is 0 Å². The topological polar surface area (TPSA) is 64.0 Å². The first-order valence-corrected chi connectivity index (χ1v) is 6.80. The van der Waals surface area contributed by atoms with Crippen LogP contribution in [0.3, 0.4) is 0 Å². The normalized spacial score (nSPS) is 12.1. The van der Waals surface area contributed by atoms with Gasteiger partial charge in [-0.25, -0.2) is 0 Å². The van der Waals surface area contributed by atoms with Gasteiger partial charge in [0.15, 0.2) is 0 Å². The molecule has 0 aliphatic heterocycles. The quantitative estimate of drug-likeness (QED) is 0.921. The van der Waals surface area contributed by atoms with Gasteiger partial charge in [0, 0.05) is 23.5 Å². The molecule has 2 aromatic heterocycles. The van der Waals surface area contributed by atoms with Crippen molar-refractivity contribution in [2.75, 3.05) is 0 Å². The largest absolute Gasteiger partial charge is 0.348 e. The lowest BCUT2D eigenvalue weighted by Crippen LogP contribution is -2.32. The molecule has 6 heteroatoms. The van der Waals surface area contributed by atoms with Crippen molar-refractivity contribution in [1.82, 2.24) is 14.9 Å². The molecule has 0 saturated heterocycles. The Hall–Kier alpha value is -1.95. The summed E-state index contributed by atoms with van der Waals surface area (Å²) in [6.07, 6.45) is 3.37. The zero-order chi connectivity index (χ0) is 13.8. The van der Waals surface area contributed by atoms with E-state index in [-0.39, 0.29) is 23.4 Å². The summed E-state index contributed by atoms with van der Waals surface area (Å²) in [7, 11) is 0. The van der Waals surface area contributed by atoms with E-state index in [9.17, 15) is 9.59 Å². The highest BCUT2D eigenvalue weighted by molar-refractivity contribution is 7.07. The Labute approximate surface area is 114 Å². The maximum atomic E-state index is 11.9. The van der Waals surface area contributed by atoms with Crippen LogP contribution in [0.1, 0.15) is 24.2 Å². The van der Waals surface area contributed by atoms with Crippen LogP contribution < -0.4 is 10.2 Å². The zero-order valence-corrected chi connectivity index (χ0v) is 11.6. The summed E-state index contributed by atoms with van der Waals surface area (Å²) < 4.78 is 1.47. The molecule has 19 heavy (non-hydrogen) atoms. The summed E-state index contributed by atoms with van der Waals surface area (Å²) in [5.74, 6) is -0.173. The number of nitrogens with one attached hydrogen (secondary N) is 1. The minimum absolute atomic E-state index is 0.0591. The molecule has 100 valence electrons. The molecular weight excluding hydrogens is 262 g/mol. The Morgan fingerprint density at radius 1 is 1.47 bits per heavy atom. The van der Waals surface area contributed by atoms with Crippen molar-refractivity contribution >= 4 is 17.2 Å². The Morgan fingerprint density at radius 2 is 2.16 bits per heavy atom. The number of nitrogens with zero attached hydrogens (tertiary/aromatic N) is 2. The second-order valence-corrected chi connectivity index (χ2v) is 5.12. The van der Waals surface area contributed by atoms with Crippen molar-refractivity contribution in [2.45, 2.75) is 26.4 Å². The van der Waals surface area contributed by atoms with Crippen LogP contribution in [0, 0.1) is 6.92 Å². The molecule has 0 fully saturated rings. The summed E-state index contributed by atoms with van der Waals surface area (Å²) in [5, 5.41) is 4.62. The lowest BCUT2D eigenvalue weighted by atomic mass is 10.1. The van der Waals surface area contributed by atoms with Crippen LogP contribution in [0.15, 0.2) is 34.7 Å². The SMILES string of the molecule is Cc1csc(=O)n1CC(=O)N[C@H](C)c1ccncc1. The Morgan fingerprint density at radius 3 is 2.74 bits per heavy atom. The van der Waals surface area contributed by atoms with Crippen molar-refractivity contribution in [3.05, 3.63) is 50.8 Å². The number of carbonyl (C=O) groups excluding carboxylic acids is 1. The minimum Gasteiger partial charge on any atom is -0.348 e. The van der Waals surface area contributed by atoms with Crippen molar-refractivity contribution < 1.29 is 4.79 Å². The van der Waals surface area contributed by atoms with E-state index in [0.717, 1.165) is 22.6 Å². The van der Waals surface area contributed by atoms with E-state index >= 15 is 0 Å². The second kappa shape index (κ2) is 5.79. The number of hydrogen-bond acceptors (Lipinski definition) is 4. The number of aryl methyl sites for hydroxylation is 1. The van der Waals surface area contributed by atoms with E-state index < -0.39 is 0 Å². The van der Waals surface area contributed by atoms with Gasteiger partial charge in [0.25, 0.3) is 0 Å². The fourth-order valence-corrected chi connectivity index (χ4v) is 2.50. The summed E-state index contributed by atoms with van der Waals surface area (Å²) in [5.41, 5.74) is 1.79. The lowest BCUT2D eigenvalue weighted by Gasteiger charge is -2.14. The van der Waals surface area contributed by atoms with E-state index in [1.165, 1.54) is 4.57 Å². The van der Waals surface area contributed by atoms with Crippen LogP contribution in [0.4, 0.5) is 0 Å². The number of amides is 1. The maximum Gasteiger partial charge on any atom is 0.307 e. The minimum atomic E-state index is -0.173. The summed E-state index contributed by atoms with van der Waals surface area (Å²) in [6, 6.07) is 3.60. The molecule has 1 N–H and O–H groups in total. The third kappa shape index (κ3) is 3.29. The molecule has 0 bridgehead atoms. The van der Waals surface area contributed by atoms with Gasteiger partial charge < -0.3 is 5.32 Å². The maximum absolute atomic E-state index is 11.9. The van der Waals surface area contributed by atoms with Crippen molar-refractivity contribution in [2.24, 2.45) is 0 Å². The highest BCUT2D eigenvalue weighted by Crippen LogP contribution is 2.10. The van der Waals surface area contributed by atoms with Crippen molar-refractivity contribution in [1.29, 1.82) is 0 Å². The summed E-state index contributed by atoms with van der Waals surface area (Å²) >= 11 is 1.11. The van der Waals surface area contributed by atoms with Gasteiger partial charge in [-0.05, 0) is 31.5 Å². The van der Waals surface area contributed by atoms with Gasteiger partial charge in [-0.2, -0.15) is 0 Å². The molecule has 0 aromatic carbocycles. The van der Waals surface area contributed by atoms with Crippen LogP contribution in [-0.4, -0.2) is 15.5 Å². The average molecular weight is 277 g/mol. The highest BCUT2D eigenvalue weighted by Gasteiger charge is 2.12. The first kappa shape index (κ1) is 13.5. The van der Waals surface area contributed by atoms with Gasteiger partial charge in [0.05, 0.1) is 6.04 Å². The molecule has 0 aliphatic carbocycles. The standard InChI is InChI=1S/C13H15N3O2S/c1-9-8-19-13(18)16(9)7-12(17)15-10(2)11-3-5-14-6-4-11/h3-6,8,10H,7H2,1-2H3,(H,15,17)/t10-/m1/s1. The molecule has 1 amide bonds. The fourth-order valence-electron chi connectivity index (χ4n) is 1.76. The molecule has 0 saturated carbocycles. The summed E-state index contributed by atoms with van der Waals surface area (Å²) in [6.45, 7) is 3.78. The van der Waals surface area contributed by atoms with E-state index in [1.54, 1.807) is 17.8 Å². The molecule has 2 rings (SSSR count). The van der Waals surface area contributed by atoms with Gasteiger partial charge in [-0.1, -0.05) is 11.3 Å².